The van der Waals surface area contributed by atoms with Crippen LogP contribution in [0.1, 0.15) is 39.0 Å². The molecule has 0 N–H and O–H groups in total. The van der Waals surface area contributed by atoms with Crippen LogP contribution in [0.2, 0.25) is 0 Å². The van der Waals surface area contributed by atoms with E-state index in [-0.39, 0.29) is 5.91 Å². The number of rotatable bonds is 3. The first-order chi connectivity index (χ1) is 12.1. The lowest BCUT2D eigenvalue weighted by Gasteiger charge is -2.22. The van der Waals surface area contributed by atoms with Crippen LogP contribution in [0.4, 0.5) is 0 Å². The first-order valence-corrected chi connectivity index (χ1v) is 8.96. The summed E-state index contributed by atoms with van der Waals surface area (Å²) < 4.78 is 0. The Kier molecular flexibility index (Phi) is 4.18. The molecule has 2 heterocycles. The van der Waals surface area contributed by atoms with Gasteiger partial charge in [0, 0.05) is 31.7 Å². The molecule has 0 atom stereocenters. The van der Waals surface area contributed by atoms with E-state index in [0.29, 0.717) is 13.1 Å². The number of hydrogen-bond acceptors (Lipinski definition) is 2. The van der Waals surface area contributed by atoms with Crippen molar-refractivity contribution in [3.63, 3.8) is 0 Å². The smallest absolute Gasteiger partial charge is 0.254 e. The normalized spacial score (nSPS) is 17.6. The minimum atomic E-state index is 0.152. The fourth-order valence-electron chi connectivity index (χ4n) is 3.66. The van der Waals surface area contributed by atoms with Gasteiger partial charge < -0.3 is 9.80 Å². The van der Waals surface area contributed by atoms with Gasteiger partial charge in [-0.25, -0.2) is 0 Å². The van der Waals surface area contributed by atoms with E-state index >= 15 is 0 Å². The molecule has 2 aromatic rings. The number of fused-ring (bicyclic) bond motifs is 1. The minimum absolute atomic E-state index is 0.152. The van der Waals surface area contributed by atoms with Crippen molar-refractivity contribution >= 4 is 11.5 Å². The molecule has 2 aliphatic heterocycles. The molecule has 0 saturated carbocycles. The number of aryl methyl sites for hydroxylation is 1. The zero-order chi connectivity index (χ0) is 17.4. The monoisotopic (exact) mass is 332 g/mol. The number of carbonyl (C=O) groups is 1. The van der Waals surface area contributed by atoms with Crippen LogP contribution in [0.5, 0.6) is 0 Å². The van der Waals surface area contributed by atoms with Crippen LogP contribution in [0.3, 0.4) is 0 Å². The molecule has 0 fully saturated rings. The Morgan fingerprint density at radius 3 is 2.60 bits per heavy atom. The van der Waals surface area contributed by atoms with E-state index in [2.05, 4.69) is 61.3 Å². The van der Waals surface area contributed by atoms with E-state index in [1.165, 1.54) is 22.3 Å². The highest BCUT2D eigenvalue weighted by molar-refractivity contribution is 5.98. The van der Waals surface area contributed by atoms with Gasteiger partial charge in [0.05, 0.1) is 0 Å². The topological polar surface area (TPSA) is 23.6 Å². The molecule has 0 spiro atoms. The molecular weight excluding hydrogens is 308 g/mol. The van der Waals surface area contributed by atoms with Gasteiger partial charge in [-0.05, 0) is 54.8 Å². The SMILES string of the molecule is Cc1ccc(CN2Cc3cc(C4=CCN(C)CC4)ccc3C2=O)cc1. The van der Waals surface area contributed by atoms with Gasteiger partial charge in [-0.2, -0.15) is 0 Å². The van der Waals surface area contributed by atoms with E-state index in [9.17, 15) is 4.79 Å². The predicted molar refractivity (Wildman–Crippen MR) is 101 cm³/mol. The van der Waals surface area contributed by atoms with Crippen molar-refractivity contribution in [3.05, 3.63) is 76.4 Å². The Morgan fingerprint density at radius 2 is 1.88 bits per heavy atom. The predicted octanol–water partition coefficient (Wildman–Crippen LogP) is 3.87. The maximum atomic E-state index is 12.7. The lowest BCUT2D eigenvalue weighted by atomic mass is 9.96. The molecule has 0 radical (unpaired) electrons. The van der Waals surface area contributed by atoms with Gasteiger partial charge in [0.2, 0.25) is 0 Å². The molecule has 0 aliphatic carbocycles. The highest BCUT2D eigenvalue weighted by Gasteiger charge is 2.27. The van der Waals surface area contributed by atoms with Gasteiger partial charge in [0.25, 0.3) is 5.91 Å². The third-order valence-electron chi connectivity index (χ3n) is 5.26. The van der Waals surface area contributed by atoms with Gasteiger partial charge in [0.15, 0.2) is 0 Å². The second-order valence-corrected chi connectivity index (χ2v) is 7.26. The van der Waals surface area contributed by atoms with E-state index < -0.39 is 0 Å². The summed E-state index contributed by atoms with van der Waals surface area (Å²) in [5.41, 5.74) is 7.14. The maximum absolute atomic E-state index is 12.7. The maximum Gasteiger partial charge on any atom is 0.254 e. The van der Waals surface area contributed by atoms with E-state index in [4.69, 9.17) is 0 Å². The van der Waals surface area contributed by atoms with Crippen LogP contribution < -0.4 is 0 Å². The molecule has 0 aromatic heterocycles. The molecule has 2 aromatic carbocycles. The molecule has 0 bridgehead atoms. The zero-order valence-electron chi connectivity index (χ0n) is 15.0. The van der Waals surface area contributed by atoms with Crippen molar-refractivity contribution in [1.82, 2.24) is 9.80 Å². The lowest BCUT2D eigenvalue weighted by Crippen LogP contribution is -2.23. The Morgan fingerprint density at radius 1 is 1.08 bits per heavy atom. The average molecular weight is 332 g/mol. The third-order valence-corrected chi connectivity index (χ3v) is 5.26. The first-order valence-electron chi connectivity index (χ1n) is 8.96. The number of hydrogen-bond donors (Lipinski definition) is 0. The van der Waals surface area contributed by atoms with Gasteiger partial charge in [0.1, 0.15) is 0 Å². The summed E-state index contributed by atoms with van der Waals surface area (Å²) >= 11 is 0. The quantitative estimate of drug-likeness (QED) is 0.852. The molecule has 3 heteroatoms. The van der Waals surface area contributed by atoms with Crippen LogP contribution >= 0.6 is 0 Å². The Labute approximate surface area is 149 Å². The number of likely N-dealkylation sites (N-methyl/N-ethyl adjacent to an activating group) is 1. The van der Waals surface area contributed by atoms with Crippen LogP contribution in [-0.2, 0) is 13.1 Å². The van der Waals surface area contributed by atoms with Crippen molar-refractivity contribution in [2.24, 2.45) is 0 Å². The zero-order valence-corrected chi connectivity index (χ0v) is 15.0. The molecule has 0 saturated heterocycles. The van der Waals surface area contributed by atoms with Crippen molar-refractivity contribution in [3.8, 4) is 0 Å². The van der Waals surface area contributed by atoms with Crippen LogP contribution in [0.25, 0.3) is 5.57 Å². The number of carbonyl (C=O) groups excluding carboxylic acids is 1. The summed E-state index contributed by atoms with van der Waals surface area (Å²) in [5, 5.41) is 0. The van der Waals surface area contributed by atoms with Gasteiger partial charge >= 0.3 is 0 Å². The summed E-state index contributed by atoms with van der Waals surface area (Å²) in [6, 6.07) is 14.8. The second kappa shape index (κ2) is 6.49. The Balaban J connectivity index is 1.54. The first kappa shape index (κ1) is 16.1. The lowest BCUT2D eigenvalue weighted by molar-refractivity contribution is 0.0766. The molecule has 1 amide bonds. The summed E-state index contributed by atoms with van der Waals surface area (Å²) in [4.78, 5) is 17.0. The van der Waals surface area contributed by atoms with Crippen LogP contribution in [0.15, 0.2) is 48.5 Å². The van der Waals surface area contributed by atoms with Crippen LogP contribution in [-0.4, -0.2) is 35.8 Å². The molecule has 3 nitrogen and oxygen atoms in total. The molecular formula is C22H24N2O. The van der Waals surface area contributed by atoms with E-state index in [0.717, 1.165) is 30.6 Å². The van der Waals surface area contributed by atoms with E-state index in [1.807, 2.05) is 11.0 Å². The molecule has 25 heavy (non-hydrogen) atoms. The van der Waals surface area contributed by atoms with Crippen molar-refractivity contribution in [1.29, 1.82) is 0 Å². The minimum Gasteiger partial charge on any atom is -0.330 e. The third kappa shape index (κ3) is 3.24. The summed E-state index contributed by atoms with van der Waals surface area (Å²) in [5.74, 6) is 0.152. The molecule has 0 unspecified atom stereocenters. The van der Waals surface area contributed by atoms with Gasteiger partial charge in [-0.1, -0.05) is 42.0 Å². The van der Waals surface area contributed by atoms with Gasteiger partial charge in [-0.15, -0.1) is 0 Å². The number of nitrogens with zero attached hydrogens (tertiary/aromatic N) is 2. The van der Waals surface area contributed by atoms with Crippen LogP contribution in [0, 0.1) is 6.92 Å². The Hall–Kier alpha value is -2.39. The number of benzene rings is 2. The highest BCUT2D eigenvalue weighted by atomic mass is 16.2. The summed E-state index contributed by atoms with van der Waals surface area (Å²) in [6.45, 7) is 5.58. The van der Waals surface area contributed by atoms with Crippen molar-refractivity contribution in [2.75, 3.05) is 20.1 Å². The number of amides is 1. The largest absolute Gasteiger partial charge is 0.330 e. The highest BCUT2D eigenvalue weighted by Crippen LogP contribution is 2.29. The molecule has 128 valence electrons. The fourth-order valence-corrected chi connectivity index (χ4v) is 3.66. The second-order valence-electron chi connectivity index (χ2n) is 7.26. The fraction of sp³-hybridized carbons (Fsp3) is 0.318. The van der Waals surface area contributed by atoms with Crippen molar-refractivity contribution in [2.45, 2.75) is 26.4 Å². The molecule has 2 aliphatic rings. The standard InChI is InChI=1S/C22H24N2O/c1-16-3-5-17(6-4-16)14-24-15-20-13-19(7-8-21(20)22(24)25)18-9-11-23(2)12-10-18/h3-9,13H,10-12,14-15H2,1-2H3. The van der Waals surface area contributed by atoms with E-state index in [1.54, 1.807) is 0 Å². The average Bonchev–Trinajstić information content (AvgIpc) is 2.93. The van der Waals surface area contributed by atoms with Gasteiger partial charge in [-0.3, -0.25) is 4.79 Å². The van der Waals surface area contributed by atoms with Crippen molar-refractivity contribution < 1.29 is 4.79 Å². The Bertz CT molecular complexity index is 836. The molecule has 4 rings (SSSR count). The summed E-state index contributed by atoms with van der Waals surface area (Å²) in [6.07, 6.45) is 3.39. The summed E-state index contributed by atoms with van der Waals surface area (Å²) in [7, 11) is 2.15.